The van der Waals surface area contributed by atoms with E-state index in [9.17, 15) is 5.26 Å². The van der Waals surface area contributed by atoms with E-state index in [2.05, 4.69) is 48.8 Å². The van der Waals surface area contributed by atoms with Gasteiger partial charge in [-0.3, -0.25) is 0 Å². The van der Waals surface area contributed by atoms with Crippen LogP contribution in [0.25, 0.3) is 0 Å². The van der Waals surface area contributed by atoms with Gasteiger partial charge in [0, 0.05) is 31.5 Å². The third kappa shape index (κ3) is 3.71. The number of benzene rings is 1. The highest BCUT2D eigenvalue weighted by atomic mass is 32.2. The van der Waals surface area contributed by atoms with E-state index in [1.807, 2.05) is 18.3 Å². The van der Waals surface area contributed by atoms with E-state index in [0.29, 0.717) is 5.56 Å². The number of anilines is 1. The maximum Gasteiger partial charge on any atom is 0.0991 e. The first-order chi connectivity index (χ1) is 12.3. The van der Waals surface area contributed by atoms with Gasteiger partial charge in [0.05, 0.1) is 34.4 Å². The lowest BCUT2D eigenvalue weighted by molar-refractivity contribution is 0.483. The number of hydrogen-bond donors (Lipinski definition) is 1. The highest BCUT2D eigenvalue weighted by molar-refractivity contribution is 7.98. The molecule has 0 atom stereocenters. The molecule has 25 heavy (non-hydrogen) atoms. The summed E-state index contributed by atoms with van der Waals surface area (Å²) in [4.78, 5) is 9.66. The molecular weight excluding hydrogens is 350 g/mol. The van der Waals surface area contributed by atoms with Crippen LogP contribution >= 0.6 is 23.3 Å². The van der Waals surface area contributed by atoms with Crippen LogP contribution in [0.3, 0.4) is 0 Å². The molecule has 1 N–H and O–H groups in total. The minimum absolute atomic E-state index is 0.711. The molecule has 7 heteroatoms. The van der Waals surface area contributed by atoms with Crippen molar-refractivity contribution in [2.45, 2.75) is 17.3 Å². The molecule has 0 radical (unpaired) electrons. The molecule has 0 fully saturated rings. The molecule has 0 bridgehead atoms. The number of nitrogens with one attached hydrogen (secondary N) is 1. The van der Waals surface area contributed by atoms with Crippen molar-refractivity contribution in [2.75, 3.05) is 18.0 Å². The first kappa shape index (κ1) is 16.2. The number of rotatable bonds is 4. The van der Waals surface area contributed by atoms with Crippen molar-refractivity contribution in [1.82, 2.24) is 14.3 Å². The fraction of sp³-hybridized carbons (Fsp3) is 0.222. The van der Waals surface area contributed by atoms with Gasteiger partial charge in [0.15, 0.2) is 0 Å². The van der Waals surface area contributed by atoms with Crippen LogP contribution in [0.4, 0.5) is 5.69 Å². The van der Waals surface area contributed by atoms with E-state index in [4.69, 9.17) is 0 Å². The van der Waals surface area contributed by atoms with Crippen LogP contribution in [0.5, 0.6) is 0 Å². The standard InChI is InChI=1S/C18H17N5S2/c19-9-14-3-4-17-15(8-14)11-23(25-18-2-1-7-24-18)6-5-22(17)12-16-10-20-13-21-16/h1-4,7-8,10,13H,5-6,11-12H2,(H,20,21). The van der Waals surface area contributed by atoms with Crippen LogP contribution in [0.2, 0.25) is 0 Å². The topological polar surface area (TPSA) is 59.0 Å². The van der Waals surface area contributed by atoms with E-state index in [1.165, 1.54) is 15.5 Å². The Labute approximate surface area is 155 Å². The maximum absolute atomic E-state index is 9.26. The predicted molar refractivity (Wildman–Crippen MR) is 101 cm³/mol. The summed E-state index contributed by atoms with van der Waals surface area (Å²) in [7, 11) is 0. The number of H-pyrrole nitrogens is 1. The molecule has 1 aliphatic heterocycles. The predicted octanol–water partition coefficient (Wildman–Crippen LogP) is 3.87. The molecule has 0 unspecified atom stereocenters. The number of aromatic amines is 1. The summed E-state index contributed by atoms with van der Waals surface area (Å²) in [6.07, 6.45) is 3.58. The minimum Gasteiger partial charge on any atom is -0.364 e. The van der Waals surface area contributed by atoms with Gasteiger partial charge < -0.3 is 9.88 Å². The molecule has 126 valence electrons. The van der Waals surface area contributed by atoms with Gasteiger partial charge in [-0.05, 0) is 47.2 Å². The second-order valence-electron chi connectivity index (χ2n) is 5.84. The summed E-state index contributed by atoms with van der Waals surface area (Å²) in [6.45, 7) is 3.49. The van der Waals surface area contributed by atoms with Crippen LogP contribution in [0, 0.1) is 11.3 Å². The SMILES string of the molecule is N#Cc1ccc2c(c1)CN(Sc1cccs1)CCN2Cc1cnc[nH]1. The normalized spacial score (nSPS) is 14.8. The number of nitriles is 1. The van der Waals surface area contributed by atoms with Gasteiger partial charge >= 0.3 is 0 Å². The zero-order valence-electron chi connectivity index (χ0n) is 13.6. The monoisotopic (exact) mass is 367 g/mol. The lowest BCUT2D eigenvalue weighted by Gasteiger charge is -2.24. The molecule has 1 aliphatic rings. The minimum atomic E-state index is 0.711. The van der Waals surface area contributed by atoms with Gasteiger partial charge in [-0.25, -0.2) is 9.29 Å². The fourth-order valence-corrected chi connectivity index (χ4v) is 4.85. The third-order valence-corrected chi connectivity index (χ3v) is 6.21. The second kappa shape index (κ2) is 7.31. The Morgan fingerprint density at radius 3 is 3.04 bits per heavy atom. The third-order valence-electron chi connectivity index (χ3n) is 4.15. The molecule has 0 saturated heterocycles. The van der Waals surface area contributed by atoms with Crippen molar-refractivity contribution in [3.63, 3.8) is 0 Å². The smallest absolute Gasteiger partial charge is 0.0991 e. The van der Waals surface area contributed by atoms with E-state index >= 15 is 0 Å². The zero-order valence-corrected chi connectivity index (χ0v) is 15.2. The van der Waals surface area contributed by atoms with Crippen LogP contribution in [0.1, 0.15) is 16.8 Å². The first-order valence-corrected chi connectivity index (χ1v) is 9.69. The lowest BCUT2D eigenvalue weighted by atomic mass is 10.1. The molecule has 0 saturated carbocycles. The van der Waals surface area contributed by atoms with Crippen LogP contribution in [-0.2, 0) is 13.1 Å². The van der Waals surface area contributed by atoms with Gasteiger partial charge in [0.25, 0.3) is 0 Å². The van der Waals surface area contributed by atoms with Crippen LogP contribution in [-0.4, -0.2) is 27.4 Å². The Hall–Kier alpha value is -2.27. The van der Waals surface area contributed by atoms with Crippen LogP contribution < -0.4 is 4.90 Å². The summed E-state index contributed by atoms with van der Waals surface area (Å²) in [5.41, 5.74) is 4.20. The van der Waals surface area contributed by atoms with Crippen molar-refractivity contribution < 1.29 is 0 Å². The van der Waals surface area contributed by atoms with E-state index in [1.54, 1.807) is 29.6 Å². The van der Waals surface area contributed by atoms with Crippen molar-refractivity contribution in [3.8, 4) is 6.07 Å². The van der Waals surface area contributed by atoms with Crippen molar-refractivity contribution in [2.24, 2.45) is 0 Å². The summed E-state index contributed by atoms with van der Waals surface area (Å²) in [5, 5.41) is 11.4. The number of thiophene rings is 1. The van der Waals surface area contributed by atoms with Crippen molar-refractivity contribution in [1.29, 1.82) is 5.26 Å². The number of hydrogen-bond acceptors (Lipinski definition) is 6. The van der Waals surface area contributed by atoms with E-state index in [0.717, 1.165) is 31.9 Å². The van der Waals surface area contributed by atoms with Gasteiger partial charge in [-0.1, -0.05) is 6.07 Å². The van der Waals surface area contributed by atoms with Crippen LogP contribution in [0.15, 0.2) is 52.4 Å². The molecule has 2 aromatic heterocycles. The van der Waals surface area contributed by atoms with Crippen molar-refractivity contribution >= 4 is 29.0 Å². The number of imidazole rings is 1. The highest BCUT2D eigenvalue weighted by Crippen LogP contribution is 2.34. The average Bonchev–Trinajstić information content (AvgIpc) is 3.29. The second-order valence-corrected chi connectivity index (χ2v) is 8.19. The molecule has 0 spiro atoms. The molecule has 0 aliphatic carbocycles. The molecular formula is C18H17N5S2. The molecule has 3 aromatic rings. The van der Waals surface area contributed by atoms with E-state index < -0.39 is 0 Å². The maximum atomic E-state index is 9.26. The van der Waals surface area contributed by atoms with Gasteiger partial charge in [0.2, 0.25) is 0 Å². The van der Waals surface area contributed by atoms with Gasteiger partial charge in [-0.15, -0.1) is 11.3 Å². The average molecular weight is 368 g/mol. The zero-order chi connectivity index (χ0) is 17.1. The molecule has 4 rings (SSSR count). The number of aromatic nitrogens is 2. The summed E-state index contributed by atoms with van der Waals surface area (Å²) >= 11 is 3.55. The van der Waals surface area contributed by atoms with Gasteiger partial charge in [0.1, 0.15) is 0 Å². The lowest BCUT2D eigenvalue weighted by Crippen LogP contribution is -2.28. The number of nitrogens with zero attached hydrogens (tertiary/aromatic N) is 4. The quantitative estimate of drug-likeness (QED) is 0.709. The summed E-state index contributed by atoms with van der Waals surface area (Å²) < 4.78 is 3.67. The fourth-order valence-electron chi connectivity index (χ4n) is 2.97. The highest BCUT2D eigenvalue weighted by Gasteiger charge is 2.21. The summed E-state index contributed by atoms with van der Waals surface area (Å²) in [6, 6.07) is 12.5. The molecule has 1 aromatic carbocycles. The molecule has 5 nitrogen and oxygen atoms in total. The Bertz CT molecular complexity index is 868. The Kier molecular flexibility index (Phi) is 4.74. The Morgan fingerprint density at radius 1 is 1.32 bits per heavy atom. The van der Waals surface area contributed by atoms with Crippen molar-refractivity contribution in [3.05, 3.63) is 65.1 Å². The largest absolute Gasteiger partial charge is 0.364 e. The Balaban J connectivity index is 1.62. The van der Waals surface area contributed by atoms with E-state index in [-0.39, 0.29) is 0 Å². The number of fused-ring (bicyclic) bond motifs is 1. The summed E-state index contributed by atoms with van der Waals surface area (Å²) in [5.74, 6) is 0. The molecule has 3 heterocycles. The Morgan fingerprint density at radius 2 is 2.28 bits per heavy atom. The van der Waals surface area contributed by atoms with Gasteiger partial charge in [-0.2, -0.15) is 5.26 Å². The molecule has 0 amide bonds. The first-order valence-electron chi connectivity index (χ1n) is 8.03.